The monoisotopic (exact) mass is 253 g/mol. The third-order valence-corrected chi connectivity index (χ3v) is 2.38. The van der Waals surface area contributed by atoms with Gasteiger partial charge in [-0.1, -0.05) is 0 Å². The van der Waals surface area contributed by atoms with Crippen LogP contribution >= 0.6 is 11.6 Å². The highest BCUT2D eigenvalue weighted by Crippen LogP contribution is 1.98. The number of methoxy groups -OCH3 is 2. The van der Waals surface area contributed by atoms with Crippen LogP contribution in [0.4, 0.5) is 0 Å². The minimum absolute atomic E-state index is 0.0449. The number of hydrogen-bond donors (Lipinski definition) is 0. The first-order valence-corrected chi connectivity index (χ1v) is 6.02. The van der Waals surface area contributed by atoms with Crippen LogP contribution in [-0.4, -0.2) is 71.1 Å². The van der Waals surface area contributed by atoms with Crippen LogP contribution in [0, 0.1) is 0 Å². The van der Waals surface area contributed by atoms with Crippen molar-refractivity contribution in [1.29, 1.82) is 0 Å². The van der Waals surface area contributed by atoms with Crippen LogP contribution in [-0.2, 0) is 14.2 Å². The van der Waals surface area contributed by atoms with E-state index in [0.29, 0.717) is 6.61 Å². The van der Waals surface area contributed by atoms with Crippen molar-refractivity contribution in [3.8, 4) is 0 Å². The molecule has 0 saturated carbocycles. The summed E-state index contributed by atoms with van der Waals surface area (Å²) in [5.74, 6) is 0. The molecule has 98 valence electrons. The standard InChI is InChI=1S/C11H24ClNO3/c1-13(9-11(12)10-15-3)5-8-16-7-4-6-14-2/h11H,4-10H2,1-3H3. The molecule has 16 heavy (non-hydrogen) atoms. The molecule has 5 heteroatoms. The van der Waals surface area contributed by atoms with E-state index in [4.69, 9.17) is 25.8 Å². The summed E-state index contributed by atoms with van der Waals surface area (Å²) in [6.45, 7) is 4.53. The van der Waals surface area contributed by atoms with Gasteiger partial charge in [0.2, 0.25) is 0 Å². The molecule has 0 aliphatic heterocycles. The molecule has 0 aromatic carbocycles. The number of hydrogen-bond acceptors (Lipinski definition) is 4. The van der Waals surface area contributed by atoms with Gasteiger partial charge in [0.25, 0.3) is 0 Å². The number of nitrogens with zero attached hydrogens (tertiary/aromatic N) is 1. The Hall–Kier alpha value is 0.130. The predicted molar refractivity (Wildman–Crippen MR) is 66.3 cm³/mol. The van der Waals surface area contributed by atoms with Gasteiger partial charge in [0.15, 0.2) is 0 Å². The normalized spacial score (nSPS) is 13.3. The zero-order chi connectivity index (χ0) is 12.2. The van der Waals surface area contributed by atoms with Gasteiger partial charge in [-0.3, -0.25) is 0 Å². The third kappa shape index (κ3) is 10.6. The van der Waals surface area contributed by atoms with E-state index in [2.05, 4.69) is 4.90 Å². The highest BCUT2D eigenvalue weighted by Gasteiger charge is 2.07. The third-order valence-electron chi connectivity index (χ3n) is 2.11. The van der Waals surface area contributed by atoms with Gasteiger partial charge >= 0.3 is 0 Å². The molecule has 1 atom stereocenters. The Bertz CT molecular complexity index is 149. The molecule has 1 unspecified atom stereocenters. The molecule has 4 nitrogen and oxygen atoms in total. The molecule has 0 aliphatic carbocycles. The number of alkyl halides is 1. The zero-order valence-corrected chi connectivity index (χ0v) is 11.3. The molecule has 0 spiro atoms. The molecule has 0 amide bonds. The number of ether oxygens (including phenoxy) is 3. The summed E-state index contributed by atoms with van der Waals surface area (Å²) in [7, 11) is 5.39. The van der Waals surface area contributed by atoms with E-state index < -0.39 is 0 Å². The summed E-state index contributed by atoms with van der Waals surface area (Å²) >= 11 is 6.03. The largest absolute Gasteiger partial charge is 0.385 e. The summed E-state index contributed by atoms with van der Waals surface area (Å²) in [5.41, 5.74) is 0. The molecule has 0 N–H and O–H groups in total. The van der Waals surface area contributed by atoms with Crippen LogP contribution in [0.1, 0.15) is 6.42 Å². The maximum Gasteiger partial charge on any atom is 0.0696 e. The Morgan fingerprint density at radius 1 is 1.12 bits per heavy atom. The lowest BCUT2D eigenvalue weighted by molar-refractivity contribution is 0.0869. The average molecular weight is 254 g/mol. The van der Waals surface area contributed by atoms with E-state index in [1.165, 1.54) is 0 Å². The summed E-state index contributed by atoms with van der Waals surface area (Å²) in [6.07, 6.45) is 0.946. The zero-order valence-electron chi connectivity index (χ0n) is 10.6. The van der Waals surface area contributed by atoms with E-state index >= 15 is 0 Å². The first-order valence-electron chi connectivity index (χ1n) is 5.59. The van der Waals surface area contributed by atoms with Crippen molar-refractivity contribution in [1.82, 2.24) is 4.90 Å². The van der Waals surface area contributed by atoms with Gasteiger partial charge in [-0.25, -0.2) is 0 Å². The average Bonchev–Trinajstić information content (AvgIpc) is 2.23. The Labute approximate surface area is 104 Å². The highest BCUT2D eigenvalue weighted by atomic mass is 35.5. The van der Waals surface area contributed by atoms with Crippen LogP contribution in [0.2, 0.25) is 0 Å². The van der Waals surface area contributed by atoms with E-state index in [1.807, 2.05) is 7.05 Å². The lowest BCUT2D eigenvalue weighted by Crippen LogP contribution is -2.31. The number of rotatable bonds is 11. The quantitative estimate of drug-likeness (QED) is 0.409. The first kappa shape index (κ1) is 16.1. The Balaban J connectivity index is 3.26. The SMILES string of the molecule is COCCCOCCN(C)CC(Cl)COC. The van der Waals surface area contributed by atoms with Gasteiger partial charge in [0, 0.05) is 40.5 Å². The Kier molecular flexibility index (Phi) is 11.7. The molecule has 0 rings (SSSR count). The van der Waals surface area contributed by atoms with Crippen molar-refractivity contribution in [2.45, 2.75) is 11.8 Å². The van der Waals surface area contributed by atoms with Crippen molar-refractivity contribution >= 4 is 11.6 Å². The topological polar surface area (TPSA) is 30.9 Å². The summed E-state index contributed by atoms with van der Waals surface area (Å²) in [6, 6.07) is 0. The molecule has 0 saturated heterocycles. The first-order chi connectivity index (χ1) is 7.70. The number of likely N-dealkylation sites (N-methyl/N-ethyl adjacent to an activating group) is 1. The van der Waals surface area contributed by atoms with Gasteiger partial charge in [0.1, 0.15) is 0 Å². The van der Waals surface area contributed by atoms with E-state index in [0.717, 1.165) is 39.3 Å². The van der Waals surface area contributed by atoms with Gasteiger partial charge in [-0.05, 0) is 13.5 Å². The van der Waals surface area contributed by atoms with Crippen molar-refractivity contribution < 1.29 is 14.2 Å². The molecule has 0 radical (unpaired) electrons. The van der Waals surface area contributed by atoms with Gasteiger partial charge < -0.3 is 19.1 Å². The smallest absolute Gasteiger partial charge is 0.0696 e. The fraction of sp³-hybridized carbons (Fsp3) is 1.00. The molecule has 0 heterocycles. The van der Waals surface area contributed by atoms with E-state index in [1.54, 1.807) is 14.2 Å². The van der Waals surface area contributed by atoms with E-state index in [9.17, 15) is 0 Å². The predicted octanol–water partition coefficient (Wildman–Crippen LogP) is 1.23. The van der Waals surface area contributed by atoms with Crippen LogP contribution < -0.4 is 0 Å². The second-order valence-electron chi connectivity index (χ2n) is 3.77. The highest BCUT2D eigenvalue weighted by molar-refractivity contribution is 6.20. The Morgan fingerprint density at radius 2 is 1.88 bits per heavy atom. The lowest BCUT2D eigenvalue weighted by atomic mass is 10.4. The molecule has 0 fully saturated rings. The molecule has 0 aromatic rings. The molecule has 0 aromatic heterocycles. The van der Waals surface area contributed by atoms with Gasteiger partial charge in [-0.2, -0.15) is 0 Å². The van der Waals surface area contributed by atoms with Crippen molar-refractivity contribution in [3.05, 3.63) is 0 Å². The van der Waals surface area contributed by atoms with Crippen LogP contribution in [0.5, 0.6) is 0 Å². The number of halogens is 1. The van der Waals surface area contributed by atoms with Crippen molar-refractivity contribution in [2.75, 3.05) is 60.8 Å². The summed E-state index contributed by atoms with van der Waals surface area (Å²) < 4.78 is 15.3. The van der Waals surface area contributed by atoms with Crippen molar-refractivity contribution in [2.24, 2.45) is 0 Å². The molecule has 0 bridgehead atoms. The van der Waals surface area contributed by atoms with Gasteiger partial charge in [0.05, 0.1) is 18.6 Å². The fourth-order valence-corrected chi connectivity index (χ4v) is 1.65. The van der Waals surface area contributed by atoms with Gasteiger partial charge in [-0.15, -0.1) is 11.6 Å². The maximum atomic E-state index is 6.03. The second-order valence-corrected chi connectivity index (χ2v) is 4.39. The van der Waals surface area contributed by atoms with Crippen LogP contribution in [0.25, 0.3) is 0 Å². The lowest BCUT2D eigenvalue weighted by Gasteiger charge is -2.19. The minimum atomic E-state index is 0.0449. The second kappa shape index (κ2) is 11.6. The minimum Gasteiger partial charge on any atom is -0.385 e. The molecule has 0 aliphatic rings. The molecular formula is C11H24ClNO3. The van der Waals surface area contributed by atoms with Crippen LogP contribution in [0.3, 0.4) is 0 Å². The van der Waals surface area contributed by atoms with Crippen LogP contribution in [0.15, 0.2) is 0 Å². The van der Waals surface area contributed by atoms with Crippen molar-refractivity contribution in [3.63, 3.8) is 0 Å². The summed E-state index contributed by atoms with van der Waals surface area (Å²) in [5, 5.41) is 0.0449. The fourth-order valence-electron chi connectivity index (χ4n) is 1.29. The Morgan fingerprint density at radius 3 is 2.50 bits per heavy atom. The molecular weight excluding hydrogens is 230 g/mol. The maximum absolute atomic E-state index is 6.03. The summed E-state index contributed by atoms with van der Waals surface area (Å²) in [4.78, 5) is 2.15. The van der Waals surface area contributed by atoms with E-state index in [-0.39, 0.29) is 5.38 Å².